The van der Waals surface area contributed by atoms with E-state index >= 15 is 0 Å². The molecule has 0 bridgehead atoms. The van der Waals surface area contributed by atoms with Crippen molar-refractivity contribution in [3.05, 3.63) is 83.8 Å². The maximum absolute atomic E-state index is 6.05. The molecule has 0 spiro atoms. The number of ether oxygens (including phenoxy) is 1. The Balaban J connectivity index is 1.36. The van der Waals surface area contributed by atoms with Gasteiger partial charge in [0.15, 0.2) is 0 Å². The van der Waals surface area contributed by atoms with Crippen molar-refractivity contribution in [1.82, 2.24) is 9.88 Å². The first-order valence-corrected chi connectivity index (χ1v) is 10.3. The Kier molecular flexibility index (Phi) is 6.11. The number of oxazole rings is 1. The molecular formula is C25H28N2O2. The number of hydrogen-bond donors (Lipinski definition) is 0. The first-order valence-electron chi connectivity index (χ1n) is 10.3. The lowest BCUT2D eigenvalue weighted by atomic mass is 9.99. The van der Waals surface area contributed by atoms with Crippen molar-refractivity contribution in [3.63, 3.8) is 0 Å². The Bertz CT molecular complexity index is 962. The van der Waals surface area contributed by atoms with Crippen molar-refractivity contribution in [2.24, 2.45) is 0 Å². The predicted octanol–water partition coefficient (Wildman–Crippen LogP) is 5.21. The van der Waals surface area contributed by atoms with E-state index in [2.05, 4.69) is 34.7 Å². The molecule has 0 saturated heterocycles. The Morgan fingerprint density at radius 1 is 1.17 bits per heavy atom. The normalized spacial score (nSPS) is 13.8. The molecular weight excluding hydrogens is 360 g/mol. The Labute approximate surface area is 172 Å². The van der Waals surface area contributed by atoms with Crippen LogP contribution in [-0.2, 0) is 19.4 Å². The van der Waals surface area contributed by atoms with Crippen LogP contribution in [0, 0.1) is 6.92 Å². The summed E-state index contributed by atoms with van der Waals surface area (Å²) in [7, 11) is 0. The highest BCUT2D eigenvalue weighted by Crippen LogP contribution is 2.25. The molecule has 4 heteroatoms. The van der Waals surface area contributed by atoms with Gasteiger partial charge in [-0.05, 0) is 55.2 Å². The maximum Gasteiger partial charge on any atom is 0.226 e. The summed E-state index contributed by atoms with van der Waals surface area (Å²) in [6.45, 7) is 9.56. The lowest BCUT2D eigenvalue weighted by Crippen LogP contribution is -2.31. The molecule has 0 amide bonds. The van der Waals surface area contributed by atoms with Gasteiger partial charge in [0.1, 0.15) is 11.5 Å². The fourth-order valence-corrected chi connectivity index (χ4v) is 3.78. The number of aryl methyl sites for hydroxylation is 1. The Hall–Kier alpha value is -2.85. The molecule has 0 radical (unpaired) electrons. The van der Waals surface area contributed by atoms with Crippen LogP contribution >= 0.6 is 0 Å². The highest BCUT2D eigenvalue weighted by molar-refractivity contribution is 5.53. The number of rotatable bonds is 8. The van der Waals surface area contributed by atoms with Crippen LogP contribution in [-0.4, -0.2) is 29.6 Å². The van der Waals surface area contributed by atoms with Crippen LogP contribution < -0.4 is 4.74 Å². The summed E-state index contributed by atoms with van der Waals surface area (Å²) in [4.78, 5) is 7.14. The summed E-state index contributed by atoms with van der Waals surface area (Å²) in [5.41, 5.74) is 4.77. The van der Waals surface area contributed by atoms with Gasteiger partial charge in [-0.1, -0.05) is 30.3 Å². The molecule has 2 aromatic carbocycles. The molecule has 29 heavy (non-hydrogen) atoms. The zero-order valence-corrected chi connectivity index (χ0v) is 17.1. The second-order valence-corrected chi connectivity index (χ2v) is 7.52. The monoisotopic (exact) mass is 388 g/mol. The van der Waals surface area contributed by atoms with Crippen molar-refractivity contribution in [2.75, 3.05) is 19.7 Å². The molecule has 150 valence electrons. The zero-order valence-electron chi connectivity index (χ0n) is 17.1. The summed E-state index contributed by atoms with van der Waals surface area (Å²) in [6, 6.07) is 16.5. The fourth-order valence-electron chi connectivity index (χ4n) is 3.78. The van der Waals surface area contributed by atoms with Crippen LogP contribution in [0.15, 0.2) is 65.6 Å². The number of fused-ring (bicyclic) bond motifs is 1. The molecule has 0 atom stereocenters. The topological polar surface area (TPSA) is 38.5 Å². The van der Waals surface area contributed by atoms with Crippen molar-refractivity contribution < 1.29 is 9.15 Å². The zero-order chi connectivity index (χ0) is 20.1. The van der Waals surface area contributed by atoms with Gasteiger partial charge in [0.25, 0.3) is 0 Å². The van der Waals surface area contributed by atoms with Crippen molar-refractivity contribution in [2.45, 2.75) is 32.7 Å². The minimum Gasteiger partial charge on any atom is -0.493 e. The van der Waals surface area contributed by atoms with Gasteiger partial charge in [0, 0.05) is 31.6 Å². The Morgan fingerprint density at radius 2 is 2.03 bits per heavy atom. The van der Waals surface area contributed by atoms with Crippen LogP contribution in [0.5, 0.6) is 5.75 Å². The van der Waals surface area contributed by atoms with Gasteiger partial charge in [-0.15, -0.1) is 6.58 Å². The van der Waals surface area contributed by atoms with Crippen molar-refractivity contribution in [3.8, 4) is 17.2 Å². The van der Waals surface area contributed by atoms with E-state index in [-0.39, 0.29) is 0 Å². The molecule has 0 aliphatic carbocycles. The third kappa shape index (κ3) is 4.77. The predicted molar refractivity (Wildman–Crippen MR) is 116 cm³/mol. The molecule has 1 aliphatic rings. The number of nitrogens with zero attached hydrogens (tertiary/aromatic N) is 2. The van der Waals surface area contributed by atoms with Gasteiger partial charge in [-0.3, -0.25) is 4.90 Å². The smallest absolute Gasteiger partial charge is 0.226 e. The van der Waals surface area contributed by atoms with Gasteiger partial charge in [-0.2, -0.15) is 0 Å². The second kappa shape index (κ2) is 9.10. The summed E-state index contributed by atoms with van der Waals surface area (Å²) in [6.07, 6.45) is 4.86. The average molecular weight is 389 g/mol. The SMILES string of the molecule is C=CCCN1CCc2ccc(OCCc3nc(-c4ccccc4)oc3C)cc2C1. The fraction of sp³-hybridized carbons (Fsp3) is 0.320. The minimum absolute atomic E-state index is 0.584. The molecule has 4 rings (SSSR count). The maximum atomic E-state index is 6.05. The lowest BCUT2D eigenvalue weighted by molar-refractivity contribution is 0.257. The van der Waals surface area contributed by atoms with Gasteiger partial charge in [-0.25, -0.2) is 4.98 Å². The molecule has 1 aromatic heterocycles. The van der Waals surface area contributed by atoms with Crippen molar-refractivity contribution >= 4 is 0 Å². The third-order valence-corrected chi connectivity index (χ3v) is 5.44. The number of benzene rings is 2. The van der Waals surface area contributed by atoms with E-state index in [0.29, 0.717) is 12.5 Å². The van der Waals surface area contributed by atoms with Crippen LogP contribution in [0.3, 0.4) is 0 Å². The van der Waals surface area contributed by atoms with E-state index in [0.717, 1.165) is 61.7 Å². The summed E-state index contributed by atoms with van der Waals surface area (Å²) in [5, 5.41) is 0. The minimum atomic E-state index is 0.584. The molecule has 1 aliphatic heterocycles. The summed E-state index contributed by atoms with van der Waals surface area (Å²) < 4.78 is 11.9. The highest BCUT2D eigenvalue weighted by Gasteiger charge is 2.16. The van der Waals surface area contributed by atoms with Crippen LogP contribution in [0.1, 0.15) is 29.0 Å². The molecule has 0 N–H and O–H groups in total. The van der Waals surface area contributed by atoms with Crippen molar-refractivity contribution in [1.29, 1.82) is 0 Å². The largest absolute Gasteiger partial charge is 0.493 e. The Morgan fingerprint density at radius 3 is 2.86 bits per heavy atom. The second-order valence-electron chi connectivity index (χ2n) is 7.52. The average Bonchev–Trinajstić information content (AvgIpc) is 3.13. The molecule has 0 unspecified atom stereocenters. The summed E-state index contributed by atoms with van der Waals surface area (Å²) >= 11 is 0. The van der Waals surface area contributed by atoms with Crippen LogP contribution in [0.4, 0.5) is 0 Å². The first-order chi connectivity index (χ1) is 14.2. The van der Waals surface area contributed by atoms with E-state index < -0.39 is 0 Å². The van der Waals surface area contributed by atoms with Gasteiger partial charge < -0.3 is 9.15 Å². The van der Waals surface area contributed by atoms with E-state index in [1.165, 1.54) is 11.1 Å². The quantitative estimate of drug-likeness (QED) is 0.497. The van der Waals surface area contributed by atoms with Gasteiger partial charge >= 0.3 is 0 Å². The standard InChI is InChI=1S/C25H28N2O2/c1-3-4-14-27-15-12-20-10-11-23(17-22(20)18-27)28-16-13-24-19(2)29-25(26-24)21-8-6-5-7-9-21/h3,5-11,17H,1,4,12-16,18H2,2H3. The van der Waals surface area contributed by atoms with Crippen LogP contribution in [0.2, 0.25) is 0 Å². The number of aromatic nitrogens is 1. The number of hydrogen-bond acceptors (Lipinski definition) is 4. The molecule has 0 saturated carbocycles. The highest BCUT2D eigenvalue weighted by atomic mass is 16.5. The van der Waals surface area contributed by atoms with E-state index in [1.807, 2.05) is 43.3 Å². The molecule has 0 fully saturated rings. The van der Waals surface area contributed by atoms with Gasteiger partial charge in [0.05, 0.1) is 12.3 Å². The van der Waals surface area contributed by atoms with E-state index in [1.54, 1.807) is 0 Å². The molecule has 4 nitrogen and oxygen atoms in total. The van der Waals surface area contributed by atoms with E-state index in [4.69, 9.17) is 9.15 Å². The van der Waals surface area contributed by atoms with Crippen LogP contribution in [0.25, 0.3) is 11.5 Å². The molecule has 3 aromatic rings. The summed E-state index contributed by atoms with van der Waals surface area (Å²) in [5.74, 6) is 2.46. The van der Waals surface area contributed by atoms with E-state index in [9.17, 15) is 0 Å². The van der Waals surface area contributed by atoms with Gasteiger partial charge in [0.2, 0.25) is 5.89 Å². The first kappa shape index (κ1) is 19.5. The third-order valence-electron chi connectivity index (χ3n) is 5.44. The lowest BCUT2D eigenvalue weighted by Gasteiger charge is -2.28. The molecule has 2 heterocycles.